The Hall–Kier alpha value is -2.66. The monoisotopic (exact) mass is 453 g/mol. The molecule has 0 radical (unpaired) electrons. The topological polar surface area (TPSA) is 55.2 Å². The van der Waals surface area contributed by atoms with E-state index in [1.165, 1.54) is 0 Å². The minimum absolute atomic E-state index is 0.0672. The summed E-state index contributed by atoms with van der Waals surface area (Å²) >= 11 is 6.27. The van der Waals surface area contributed by atoms with Crippen LogP contribution in [0, 0.1) is 11.8 Å². The predicted octanol–water partition coefficient (Wildman–Crippen LogP) is 6.02. The molecule has 0 aliphatic carbocycles. The maximum atomic E-state index is 13.7. The number of rotatable bonds is 8. The summed E-state index contributed by atoms with van der Waals surface area (Å²) in [4.78, 5) is 33.8. The molecule has 3 rings (SSSR count). The average molecular weight is 454 g/mol. The molecule has 0 spiro atoms. The van der Waals surface area contributed by atoms with Gasteiger partial charge in [0.05, 0.1) is 22.6 Å². The van der Waals surface area contributed by atoms with Crippen LogP contribution < -0.4 is 5.56 Å². The maximum Gasteiger partial charge on any atom is 0.266 e. The van der Waals surface area contributed by atoms with Crippen molar-refractivity contribution in [3.05, 3.63) is 69.7 Å². The zero-order valence-corrected chi connectivity index (χ0v) is 20.3. The molecule has 5 nitrogen and oxygen atoms in total. The number of hydrogen-bond acceptors (Lipinski definition) is 3. The number of amides is 1. The quantitative estimate of drug-likeness (QED) is 0.419. The van der Waals surface area contributed by atoms with Crippen LogP contribution in [0.25, 0.3) is 16.6 Å². The van der Waals surface area contributed by atoms with Crippen LogP contribution in [0.15, 0.2) is 53.3 Å². The number of nitrogens with zero attached hydrogens (tertiary/aromatic N) is 3. The smallest absolute Gasteiger partial charge is 0.266 e. The zero-order valence-electron chi connectivity index (χ0n) is 19.5. The van der Waals surface area contributed by atoms with Gasteiger partial charge in [0.25, 0.3) is 5.56 Å². The molecule has 0 aliphatic rings. The molecular weight excluding hydrogens is 422 g/mol. The summed E-state index contributed by atoms with van der Waals surface area (Å²) in [5.74, 6) is 0.937. The second-order valence-electron chi connectivity index (χ2n) is 8.90. The molecule has 0 saturated carbocycles. The Kier molecular flexibility index (Phi) is 7.73. The van der Waals surface area contributed by atoms with E-state index in [0.717, 1.165) is 6.42 Å². The molecule has 0 bridgehead atoms. The van der Waals surface area contributed by atoms with E-state index in [-0.39, 0.29) is 23.4 Å². The van der Waals surface area contributed by atoms with E-state index in [9.17, 15) is 9.59 Å². The molecule has 3 aromatic rings. The number of carbonyl (C=O) groups is 1. The van der Waals surface area contributed by atoms with Gasteiger partial charge in [-0.1, -0.05) is 64.4 Å². The van der Waals surface area contributed by atoms with E-state index in [2.05, 4.69) is 13.8 Å². The van der Waals surface area contributed by atoms with Crippen molar-refractivity contribution < 1.29 is 4.79 Å². The van der Waals surface area contributed by atoms with Crippen LogP contribution in [0.4, 0.5) is 0 Å². The summed E-state index contributed by atoms with van der Waals surface area (Å²) < 4.78 is 1.62. The van der Waals surface area contributed by atoms with E-state index in [4.69, 9.17) is 16.6 Å². The summed E-state index contributed by atoms with van der Waals surface area (Å²) in [6, 6.07) is 14.2. The normalized spacial score (nSPS) is 12.5. The van der Waals surface area contributed by atoms with Gasteiger partial charge in [-0.25, -0.2) is 4.98 Å². The van der Waals surface area contributed by atoms with Crippen molar-refractivity contribution in [2.45, 2.75) is 53.5 Å². The fraction of sp³-hybridized carbons (Fsp3) is 0.423. The number of fused-ring (bicyclic) bond motifs is 1. The Labute approximate surface area is 195 Å². The summed E-state index contributed by atoms with van der Waals surface area (Å²) in [6.45, 7) is 10.8. The third-order valence-corrected chi connectivity index (χ3v) is 5.89. The lowest BCUT2D eigenvalue weighted by atomic mass is 10.0. The number of benzene rings is 2. The van der Waals surface area contributed by atoms with Gasteiger partial charge in [0.2, 0.25) is 5.91 Å². The predicted molar refractivity (Wildman–Crippen MR) is 131 cm³/mol. The number of hydrogen-bond donors (Lipinski definition) is 0. The highest BCUT2D eigenvalue weighted by Crippen LogP contribution is 2.28. The molecule has 0 fully saturated rings. The maximum absolute atomic E-state index is 13.7. The highest BCUT2D eigenvalue weighted by atomic mass is 35.5. The molecule has 0 aliphatic heterocycles. The standard InChI is InChI=1S/C26H32ClN3O2/c1-6-23(29(15-14-17(2)3)25(31)18(4)5)24-28-22-13-8-7-12-21(22)26(32)30(24)20-11-9-10-19(27)16-20/h7-13,16-18,23H,6,14-15H2,1-5H3. The minimum atomic E-state index is -0.333. The van der Waals surface area contributed by atoms with Crippen LogP contribution in [0.3, 0.4) is 0 Å². The van der Waals surface area contributed by atoms with Gasteiger partial charge >= 0.3 is 0 Å². The molecule has 1 aromatic heterocycles. The van der Waals surface area contributed by atoms with Gasteiger partial charge in [0, 0.05) is 17.5 Å². The number of aromatic nitrogens is 2. The molecule has 0 N–H and O–H groups in total. The summed E-state index contributed by atoms with van der Waals surface area (Å²) in [5, 5.41) is 1.08. The number of halogens is 1. The van der Waals surface area contributed by atoms with Crippen molar-refractivity contribution in [1.82, 2.24) is 14.5 Å². The summed E-state index contributed by atoms with van der Waals surface area (Å²) in [7, 11) is 0. The lowest BCUT2D eigenvalue weighted by Crippen LogP contribution is -2.41. The first-order chi connectivity index (χ1) is 15.2. The Bertz CT molecular complexity index is 1150. The SMILES string of the molecule is CCC(c1nc2ccccc2c(=O)n1-c1cccc(Cl)c1)N(CCC(C)C)C(=O)C(C)C. The van der Waals surface area contributed by atoms with E-state index in [1.807, 2.05) is 56.0 Å². The van der Waals surface area contributed by atoms with Crippen LogP contribution >= 0.6 is 11.6 Å². The number of carbonyl (C=O) groups excluding carboxylic acids is 1. The van der Waals surface area contributed by atoms with Crippen LogP contribution in [-0.2, 0) is 4.79 Å². The molecule has 170 valence electrons. The van der Waals surface area contributed by atoms with Crippen molar-refractivity contribution in [3.63, 3.8) is 0 Å². The van der Waals surface area contributed by atoms with Crippen LogP contribution in [0.1, 0.15) is 59.3 Å². The van der Waals surface area contributed by atoms with E-state index in [1.54, 1.807) is 22.8 Å². The highest BCUT2D eigenvalue weighted by molar-refractivity contribution is 6.30. The lowest BCUT2D eigenvalue weighted by Gasteiger charge is -2.34. The van der Waals surface area contributed by atoms with Crippen LogP contribution in [-0.4, -0.2) is 26.9 Å². The molecular formula is C26H32ClN3O2. The molecule has 2 aromatic carbocycles. The number of para-hydroxylation sites is 1. The van der Waals surface area contributed by atoms with Gasteiger partial charge in [-0.3, -0.25) is 14.2 Å². The molecule has 0 saturated heterocycles. The first-order valence-electron chi connectivity index (χ1n) is 11.3. The van der Waals surface area contributed by atoms with Crippen molar-refractivity contribution in [2.75, 3.05) is 6.54 Å². The highest BCUT2D eigenvalue weighted by Gasteiger charge is 2.30. The van der Waals surface area contributed by atoms with E-state index < -0.39 is 0 Å². The van der Waals surface area contributed by atoms with E-state index in [0.29, 0.717) is 46.3 Å². The molecule has 1 amide bonds. The van der Waals surface area contributed by atoms with Crippen molar-refractivity contribution in [2.24, 2.45) is 11.8 Å². The minimum Gasteiger partial charge on any atom is -0.332 e. The molecule has 1 heterocycles. The first kappa shape index (κ1) is 24.0. The Balaban J connectivity index is 2.28. The summed E-state index contributed by atoms with van der Waals surface area (Å²) in [6.07, 6.45) is 1.52. The van der Waals surface area contributed by atoms with Crippen molar-refractivity contribution in [1.29, 1.82) is 0 Å². The fourth-order valence-corrected chi connectivity index (χ4v) is 4.11. The van der Waals surface area contributed by atoms with Gasteiger partial charge in [0.1, 0.15) is 5.82 Å². The lowest BCUT2D eigenvalue weighted by molar-refractivity contribution is -0.137. The van der Waals surface area contributed by atoms with Crippen LogP contribution in [0.2, 0.25) is 5.02 Å². The molecule has 32 heavy (non-hydrogen) atoms. The van der Waals surface area contributed by atoms with Gasteiger partial charge in [-0.15, -0.1) is 0 Å². The second-order valence-corrected chi connectivity index (χ2v) is 9.34. The van der Waals surface area contributed by atoms with E-state index >= 15 is 0 Å². The van der Waals surface area contributed by atoms with Crippen molar-refractivity contribution >= 4 is 28.4 Å². The Morgan fingerprint density at radius 2 is 1.81 bits per heavy atom. The average Bonchev–Trinajstić information content (AvgIpc) is 2.76. The molecule has 1 unspecified atom stereocenters. The third-order valence-electron chi connectivity index (χ3n) is 5.65. The zero-order chi connectivity index (χ0) is 23.4. The first-order valence-corrected chi connectivity index (χ1v) is 11.7. The van der Waals surface area contributed by atoms with Crippen LogP contribution in [0.5, 0.6) is 0 Å². The van der Waals surface area contributed by atoms with Crippen molar-refractivity contribution in [3.8, 4) is 5.69 Å². The van der Waals surface area contributed by atoms with Gasteiger partial charge in [-0.05, 0) is 49.1 Å². The van der Waals surface area contributed by atoms with Gasteiger partial charge in [0.15, 0.2) is 0 Å². The second kappa shape index (κ2) is 10.3. The largest absolute Gasteiger partial charge is 0.332 e. The van der Waals surface area contributed by atoms with Gasteiger partial charge in [-0.2, -0.15) is 0 Å². The Morgan fingerprint density at radius 1 is 1.09 bits per heavy atom. The molecule has 1 atom stereocenters. The molecule has 6 heteroatoms. The third kappa shape index (κ3) is 5.04. The Morgan fingerprint density at radius 3 is 2.44 bits per heavy atom. The summed E-state index contributed by atoms with van der Waals surface area (Å²) in [5.41, 5.74) is 1.12. The fourth-order valence-electron chi connectivity index (χ4n) is 3.93. The van der Waals surface area contributed by atoms with Gasteiger partial charge < -0.3 is 4.90 Å².